The summed E-state index contributed by atoms with van der Waals surface area (Å²) in [7, 11) is 1.00. The van der Waals surface area contributed by atoms with Crippen molar-refractivity contribution in [3.8, 4) is 0 Å². The van der Waals surface area contributed by atoms with E-state index < -0.39 is 0 Å². The Morgan fingerprint density at radius 1 is 1.25 bits per heavy atom. The number of aliphatic hydroxyl groups is 1. The number of halogens is 1. The smallest absolute Gasteiger partial charge is 0.0319 e. The van der Waals surface area contributed by atoms with Crippen LogP contribution in [0.15, 0.2) is 0 Å². The zero-order valence-electron chi connectivity index (χ0n) is 2.56. The molecule has 0 amide bonds. The van der Waals surface area contributed by atoms with Crippen molar-refractivity contribution in [3.63, 3.8) is 0 Å². The first kappa shape index (κ1) is 19.0. The van der Waals surface area contributed by atoms with Gasteiger partial charge in [-0.2, -0.15) is 0 Å². The molecule has 0 unspecified atom stereocenters. The fourth-order valence-corrected chi connectivity index (χ4v) is 0. The standard InChI is InChI=1S/CH4O.ClH.Hg/c1-2;;/h2H,1H3;1H;. The van der Waals surface area contributed by atoms with Gasteiger partial charge >= 0.3 is 0 Å². The molecule has 24 valence electrons. The number of rotatable bonds is 0. The molecule has 0 spiro atoms. The fraction of sp³-hybridized carbons (Fsp3) is 1.00. The molecular weight excluding hydrogens is 264 g/mol. The van der Waals surface area contributed by atoms with Crippen molar-refractivity contribution in [2.24, 2.45) is 0 Å². The second-order valence-corrected chi connectivity index (χ2v) is 0. The van der Waals surface area contributed by atoms with Crippen LogP contribution in [0.3, 0.4) is 0 Å². The van der Waals surface area contributed by atoms with Gasteiger partial charge in [0, 0.05) is 34.8 Å². The van der Waals surface area contributed by atoms with Gasteiger partial charge in [-0.15, -0.1) is 12.4 Å². The van der Waals surface area contributed by atoms with Crippen molar-refractivity contribution in [2.75, 3.05) is 7.11 Å². The van der Waals surface area contributed by atoms with Crippen LogP contribution in [-0.2, 0) is 27.7 Å². The first-order chi connectivity index (χ1) is 1.00. The Morgan fingerprint density at radius 3 is 1.25 bits per heavy atom. The summed E-state index contributed by atoms with van der Waals surface area (Å²) in [6.07, 6.45) is 0. The van der Waals surface area contributed by atoms with E-state index >= 15 is 0 Å². The van der Waals surface area contributed by atoms with Crippen LogP contribution in [0.4, 0.5) is 0 Å². The first-order valence-corrected chi connectivity index (χ1v) is 0.447. The van der Waals surface area contributed by atoms with Crippen molar-refractivity contribution in [3.05, 3.63) is 0 Å². The molecule has 0 atom stereocenters. The summed E-state index contributed by atoms with van der Waals surface area (Å²) in [5.74, 6) is 0. The van der Waals surface area contributed by atoms with Crippen LogP contribution in [0.2, 0.25) is 0 Å². The van der Waals surface area contributed by atoms with Gasteiger partial charge in [0.1, 0.15) is 0 Å². The summed E-state index contributed by atoms with van der Waals surface area (Å²) in [6, 6.07) is 0. The molecule has 0 radical (unpaired) electrons. The second-order valence-electron chi connectivity index (χ2n) is 0. The molecule has 0 aliphatic carbocycles. The summed E-state index contributed by atoms with van der Waals surface area (Å²) in [5, 5.41) is 7.00. The summed E-state index contributed by atoms with van der Waals surface area (Å²) in [4.78, 5) is 0. The molecule has 1 nitrogen and oxygen atoms in total. The minimum Gasteiger partial charge on any atom is -0.400 e. The Hall–Kier alpha value is 1.19. The Morgan fingerprint density at radius 2 is 1.25 bits per heavy atom. The van der Waals surface area contributed by atoms with Crippen molar-refractivity contribution >= 4 is 12.4 Å². The van der Waals surface area contributed by atoms with Gasteiger partial charge in [-0.1, -0.05) is 0 Å². The Kier molecular flexibility index (Phi) is 144. The minimum atomic E-state index is 0. The van der Waals surface area contributed by atoms with Gasteiger partial charge in [0.25, 0.3) is 0 Å². The molecule has 0 rings (SSSR count). The SMILES string of the molecule is CO.Cl.[Hg]. The average molecular weight is 269 g/mol. The van der Waals surface area contributed by atoms with Gasteiger partial charge in [-0.3, -0.25) is 0 Å². The molecule has 0 heterocycles. The van der Waals surface area contributed by atoms with Crippen LogP contribution in [0.25, 0.3) is 0 Å². The molecule has 0 aromatic heterocycles. The zero-order valence-corrected chi connectivity index (χ0v) is 8.88. The van der Waals surface area contributed by atoms with E-state index in [2.05, 4.69) is 0 Å². The molecule has 0 aromatic carbocycles. The molecule has 4 heavy (non-hydrogen) atoms. The third-order valence-electron chi connectivity index (χ3n) is 0. The van der Waals surface area contributed by atoms with Crippen LogP contribution >= 0.6 is 12.4 Å². The van der Waals surface area contributed by atoms with E-state index in [9.17, 15) is 0 Å². The maximum Gasteiger partial charge on any atom is 0.0319 e. The van der Waals surface area contributed by atoms with Crippen LogP contribution in [0.5, 0.6) is 0 Å². The van der Waals surface area contributed by atoms with Crippen LogP contribution < -0.4 is 0 Å². The van der Waals surface area contributed by atoms with Gasteiger partial charge in [0.15, 0.2) is 0 Å². The first-order valence-electron chi connectivity index (χ1n) is 0.447. The maximum absolute atomic E-state index is 7.00. The number of hydrogen-bond acceptors (Lipinski definition) is 1. The summed E-state index contributed by atoms with van der Waals surface area (Å²) in [5.41, 5.74) is 0. The maximum atomic E-state index is 7.00. The predicted molar refractivity (Wildman–Crippen MR) is 15.4 cm³/mol. The molecule has 0 aromatic rings. The van der Waals surface area contributed by atoms with E-state index in [1.54, 1.807) is 0 Å². The van der Waals surface area contributed by atoms with Gasteiger partial charge in [-0.05, 0) is 0 Å². The summed E-state index contributed by atoms with van der Waals surface area (Å²) in [6.45, 7) is 0. The minimum absolute atomic E-state index is 0. The molecule has 0 aliphatic rings. The monoisotopic (exact) mass is 270 g/mol. The van der Waals surface area contributed by atoms with Crippen LogP contribution in [0, 0.1) is 0 Å². The number of hydrogen-bond donors (Lipinski definition) is 1. The zero-order chi connectivity index (χ0) is 2.00. The molecule has 0 bridgehead atoms. The van der Waals surface area contributed by atoms with Gasteiger partial charge < -0.3 is 5.11 Å². The van der Waals surface area contributed by atoms with E-state index in [0.717, 1.165) is 7.11 Å². The summed E-state index contributed by atoms with van der Waals surface area (Å²) >= 11 is 0. The fourth-order valence-electron chi connectivity index (χ4n) is 0. The number of aliphatic hydroxyl groups excluding tert-OH is 1. The van der Waals surface area contributed by atoms with E-state index in [0.29, 0.717) is 0 Å². The van der Waals surface area contributed by atoms with Gasteiger partial charge in [-0.25, -0.2) is 0 Å². The third-order valence-corrected chi connectivity index (χ3v) is 0. The van der Waals surface area contributed by atoms with E-state index in [1.165, 1.54) is 0 Å². The molecule has 0 saturated heterocycles. The normalized spacial score (nSPS) is 1.50. The average Bonchev–Trinajstić information content (AvgIpc) is 1.00. The van der Waals surface area contributed by atoms with Gasteiger partial charge in [0.05, 0.1) is 0 Å². The quantitative estimate of drug-likeness (QED) is 0.615. The molecule has 0 aliphatic heterocycles. The van der Waals surface area contributed by atoms with Crippen molar-refractivity contribution in [1.29, 1.82) is 0 Å². The molecule has 0 saturated carbocycles. The van der Waals surface area contributed by atoms with Crippen molar-refractivity contribution < 1.29 is 32.8 Å². The molecule has 3 heteroatoms. The molecule has 0 fully saturated rings. The van der Waals surface area contributed by atoms with Crippen molar-refractivity contribution in [2.45, 2.75) is 0 Å². The van der Waals surface area contributed by atoms with Crippen molar-refractivity contribution in [1.82, 2.24) is 0 Å². The van der Waals surface area contributed by atoms with Crippen LogP contribution in [0.1, 0.15) is 0 Å². The van der Waals surface area contributed by atoms with Crippen LogP contribution in [-0.4, -0.2) is 12.2 Å². The Balaban J connectivity index is -0.00000000500. The summed E-state index contributed by atoms with van der Waals surface area (Å²) < 4.78 is 0. The topological polar surface area (TPSA) is 20.2 Å². The molecule has 1 N–H and O–H groups in total. The molecular formula is CH5ClHgO. The Bertz CT molecular complexity index is 8.00. The largest absolute Gasteiger partial charge is 0.400 e. The Labute approximate surface area is 52.3 Å². The van der Waals surface area contributed by atoms with E-state index in [-0.39, 0.29) is 40.1 Å². The predicted octanol–water partition coefficient (Wildman–Crippen LogP) is 0.0278. The van der Waals surface area contributed by atoms with E-state index in [4.69, 9.17) is 5.11 Å². The third kappa shape index (κ3) is 10.8. The van der Waals surface area contributed by atoms with E-state index in [1.807, 2.05) is 0 Å². The second kappa shape index (κ2) is 30.2. The van der Waals surface area contributed by atoms with Gasteiger partial charge in [0.2, 0.25) is 0 Å².